The number of amides is 1. The number of nitrogens with zero attached hydrogens (tertiary/aromatic N) is 1. The molecule has 0 unspecified atom stereocenters. The number of nitrogens with one attached hydrogen (secondary N) is 1. The summed E-state index contributed by atoms with van der Waals surface area (Å²) in [6, 6.07) is 6.76. The van der Waals surface area contributed by atoms with Gasteiger partial charge in [0, 0.05) is 18.5 Å². The number of halogens is 3. The molecule has 0 saturated carbocycles. The number of fused-ring (bicyclic) bond motifs is 1. The first-order valence-electron chi connectivity index (χ1n) is 6.95. The van der Waals surface area contributed by atoms with Crippen molar-refractivity contribution in [2.75, 3.05) is 5.32 Å². The predicted molar refractivity (Wildman–Crippen MR) is 82.5 cm³/mol. The van der Waals surface area contributed by atoms with E-state index in [9.17, 15) is 22.8 Å². The first-order valence-corrected chi connectivity index (χ1v) is 6.95. The lowest BCUT2D eigenvalue weighted by Crippen LogP contribution is -2.14. The van der Waals surface area contributed by atoms with Crippen LogP contribution in [0, 0.1) is 17.5 Å². The number of rotatable bonds is 2. The molecule has 0 aliphatic heterocycles. The molecule has 3 rings (SSSR count). The van der Waals surface area contributed by atoms with Crippen molar-refractivity contribution in [2.24, 2.45) is 0 Å². The van der Waals surface area contributed by atoms with Crippen molar-refractivity contribution < 1.29 is 22.8 Å². The molecule has 0 bridgehead atoms. The Balaban J connectivity index is 2.09. The second-order valence-corrected chi connectivity index (χ2v) is 5.14. The second-order valence-electron chi connectivity index (χ2n) is 5.14. The fraction of sp³-hybridized carbons (Fsp3) is 0.0588. The van der Waals surface area contributed by atoms with Gasteiger partial charge in [-0.25, -0.2) is 13.2 Å². The van der Waals surface area contributed by atoms with Crippen LogP contribution in [0.5, 0.6) is 0 Å². The molecule has 24 heavy (non-hydrogen) atoms. The molecular formula is C17H11F3N2O2. The van der Waals surface area contributed by atoms with Crippen LogP contribution in [-0.2, 0) is 0 Å². The summed E-state index contributed by atoms with van der Waals surface area (Å²) < 4.78 is 41.8. The van der Waals surface area contributed by atoms with Gasteiger partial charge >= 0.3 is 0 Å². The maximum atomic E-state index is 13.7. The standard InChI is InChI=1S/C17H11F3N2O2/c1-9(23)22-8-12(11-6-5-10(18)7-15(11)22)17(24)21-16-13(19)3-2-4-14(16)20/h2-8H,1H3,(H,21,24). The van der Waals surface area contributed by atoms with E-state index in [-0.39, 0.29) is 11.1 Å². The first-order chi connectivity index (χ1) is 11.4. The Bertz CT molecular complexity index is 959. The van der Waals surface area contributed by atoms with Crippen LogP contribution in [0.3, 0.4) is 0 Å². The van der Waals surface area contributed by atoms with Gasteiger partial charge in [0.15, 0.2) is 0 Å². The Morgan fingerprint density at radius 2 is 1.71 bits per heavy atom. The van der Waals surface area contributed by atoms with E-state index in [1.807, 2.05) is 0 Å². The quantitative estimate of drug-likeness (QED) is 0.772. The monoisotopic (exact) mass is 332 g/mol. The SMILES string of the molecule is CC(=O)n1cc(C(=O)Nc2c(F)cccc2F)c2ccc(F)cc21. The molecule has 0 atom stereocenters. The van der Waals surface area contributed by atoms with Gasteiger partial charge in [-0.05, 0) is 30.3 Å². The van der Waals surface area contributed by atoms with E-state index in [2.05, 4.69) is 5.32 Å². The highest BCUT2D eigenvalue weighted by atomic mass is 19.1. The molecule has 1 N–H and O–H groups in total. The fourth-order valence-corrected chi connectivity index (χ4v) is 2.44. The molecule has 7 heteroatoms. The highest BCUT2D eigenvalue weighted by Crippen LogP contribution is 2.25. The van der Waals surface area contributed by atoms with E-state index in [1.165, 1.54) is 25.3 Å². The second kappa shape index (κ2) is 5.84. The van der Waals surface area contributed by atoms with Crippen LogP contribution < -0.4 is 5.32 Å². The van der Waals surface area contributed by atoms with Gasteiger partial charge in [0.1, 0.15) is 23.1 Å². The third kappa shape index (κ3) is 2.64. The fourth-order valence-electron chi connectivity index (χ4n) is 2.44. The Kier molecular flexibility index (Phi) is 3.84. The Morgan fingerprint density at radius 3 is 2.33 bits per heavy atom. The lowest BCUT2D eigenvalue weighted by molar-refractivity contribution is 0.0941. The molecule has 1 aromatic heterocycles. The lowest BCUT2D eigenvalue weighted by Gasteiger charge is -2.06. The van der Waals surface area contributed by atoms with Gasteiger partial charge in [-0.3, -0.25) is 14.2 Å². The summed E-state index contributed by atoms with van der Waals surface area (Å²) in [5, 5.41) is 2.44. The number of benzene rings is 2. The number of carbonyl (C=O) groups is 2. The zero-order valence-electron chi connectivity index (χ0n) is 12.4. The Morgan fingerprint density at radius 1 is 1.04 bits per heavy atom. The number of aromatic nitrogens is 1. The first kappa shape index (κ1) is 15.8. The summed E-state index contributed by atoms with van der Waals surface area (Å²) in [6.07, 6.45) is 1.21. The van der Waals surface area contributed by atoms with E-state index < -0.39 is 35.0 Å². The molecule has 0 aliphatic rings. The van der Waals surface area contributed by atoms with Gasteiger partial charge in [-0.1, -0.05) is 6.07 Å². The molecule has 0 aliphatic carbocycles. The summed E-state index contributed by atoms with van der Waals surface area (Å²) in [7, 11) is 0. The maximum Gasteiger partial charge on any atom is 0.258 e. The maximum absolute atomic E-state index is 13.7. The number of para-hydroxylation sites is 1. The zero-order chi connectivity index (χ0) is 17.4. The molecule has 0 fully saturated rings. The number of hydrogen-bond acceptors (Lipinski definition) is 2. The molecule has 4 nitrogen and oxygen atoms in total. The van der Waals surface area contributed by atoms with Gasteiger partial charge in [-0.2, -0.15) is 0 Å². The van der Waals surface area contributed by atoms with Crippen molar-refractivity contribution in [1.82, 2.24) is 4.57 Å². The topological polar surface area (TPSA) is 51.1 Å². The smallest absolute Gasteiger partial charge is 0.258 e. The van der Waals surface area contributed by atoms with Gasteiger partial charge in [-0.15, -0.1) is 0 Å². The van der Waals surface area contributed by atoms with Crippen LogP contribution in [0.2, 0.25) is 0 Å². The molecule has 0 saturated heterocycles. The average molecular weight is 332 g/mol. The van der Waals surface area contributed by atoms with E-state index in [4.69, 9.17) is 0 Å². The highest BCUT2D eigenvalue weighted by Gasteiger charge is 2.19. The van der Waals surface area contributed by atoms with E-state index in [0.29, 0.717) is 5.39 Å². The third-order valence-electron chi connectivity index (χ3n) is 3.55. The van der Waals surface area contributed by atoms with Crippen LogP contribution in [0.15, 0.2) is 42.6 Å². The predicted octanol–water partition coefficient (Wildman–Crippen LogP) is 3.97. The van der Waals surface area contributed by atoms with Crippen molar-refractivity contribution in [3.05, 3.63) is 65.6 Å². The minimum Gasteiger partial charge on any atom is -0.317 e. The van der Waals surface area contributed by atoms with Crippen LogP contribution in [0.4, 0.5) is 18.9 Å². The van der Waals surface area contributed by atoms with Crippen LogP contribution in [0.1, 0.15) is 22.1 Å². The van der Waals surface area contributed by atoms with Crippen LogP contribution in [-0.4, -0.2) is 16.4 Å². The average Bonchev–Trinajstić information content (AvgIpc) is 2.89. The van der Waals surface area contributed by atoms with E-state index in [0.717, 1.165) is 28.8 Å². The molecule has 1 amide bonds. The molecule has 3 aromatic rings. The van der Waals surface area contributed by atoms with Gasteiger partial charge in [0.2, 0.25) is 5.91 Å². The molecular weight excluding hydrogens is 321 g/mol. The van der Waals surface area contributed by atoms with Gasteiger partial charge in [0.25, 0.3) is 5.91 Å². The third-order valence-corrected chi connectivity index (χ3v) is 3.55. The molecule has 0 spiro atoms. The summed E-state index contributed by atoms with van der Waals surface area (Å²) in [5.74, 6) is -3.66. The molecule has 2 aromatic carbocycles. The molecule has 0 radical (unpaired) electrons. The van der Waals surface area contributed by atoms with E-state index in [1.54, 1.807) is 0 Å². The van der Waals surface area contributed by atoms with Crippen molar-refractivity contribution in [2.45, 2.75) is 6.92 Å². The molecule has 122 valence electrons. The van der Waals surface area contributed by atoms with Crippen molar-refractivity contribution in [1.29, 1.82) is 0 Å². The summed E-state index contributed by atoms with van der Waals surface area (Å²) in [6.45, 7) is 1.25. The minimum atomic E-state index is -0.926. The largest absolute Gasteiger partial charge is 0.317 e. The van der Waals surface area contributed by atoms with Crippen molar-refractivity contribution >= 4 is 28.4 Å². The van der Waals surface area contributed by atoms with E-state index >= 15 is 0 Å². The number of carbonyl (C=O) groups excluding carboxylic acids is 2. The normalized spacial score (nSPS) is 10.8. The minimum absolute atomic E-state index is 0.00264. The summed E-state index contributed by atoms with van der Waals surface area (Å²) in [5.41, 5.74) is -0.391. The highest BCUT2D eigenvalue weighted by molar-refractivity contribution is 6.14. The summed E-state index contributed by atoms with van der Waals surface area (Å²) in [4.78, 5) is 24.1. The summed E-state index contributed by atoms with van der Waals surface area (Å²) >= 11 is 0. The van der Waals surface area contributed by atoms with Crippen molar-refractivity contribution in [3.63, 3.8) is 0 Å². The van der Waals surface area contributed by atoms with Crippen LogP contribution in [0.25, 0.3) is 10.9 Å². The Hall–Kier alpha value is -3.09. The van der Waals surface area contributed by atoms with Crippen molar-refractivity contribution in [3.8, 4) is 0 Å². The van der Waals surface area contributed by atoms with Gasteiger partial charge in [0.05, 0.1) is 11.1 Å². The number of anilines is 1. The van der Waals surface area contributed by atoms with Crippen LogP contribution >= 0.6 is 0 Å². The zero-order valence-corrected chi connectivity index (χ0v) is 12.4. The van der Waals surface area contributed by atoms with Gasteiger partial charge < -0.3 is 5.32 Å². The lowest BCUT2D eigenvalue weighted by atomic mass is 10.1. The number of hydrogen-bond donors (Lipinski definition) is 1. The Labute approximate surface area is 134 Å². The molecule has 1 heterocycles.